The van der Waals surface area contributed by atoms with Gasteiger partial charge in [-0.1, -0.05) is 30.3 Å². The molecule has 94 valence electrons. The maximum atomic E-state index is 12.0. The highest BCUT2D eigenvalue weighted by Gasteiger charge is 2.20. The summed E-state index contributed by atoms with van der Waals surface area (Å²) in [4.78, 5) is 0.225. The molecule has 0 atom stereocenters. The van der Waals surface area contributed by atoms with Crippen molar-refractivity contribution >= 4 is 27.3 Å². The molecule has 4 nitrogen and oxygen atoms in total. The van der Waals surface area contributed by atoms with Gasteiger partial charge < -0.3 is 5.32 Å². The molecule has 0 unspecified atom stereocenters. The zero-order chi connectivity index (χ0) is 13.1. The summed E-state index contributed by atoms with van der Waals surface area (Å²) in [5.74, 6) is 0. The van der Waals surface area contributed by atoms with Crippen LogP contribution >= 0.6 is 11.6 Å². The number of halogens is 1. The fourth-order valence-electron chi connectivity index (χ4n) is 1.23. The maximum Gasteiger partial charge on any atom is 0.244 e. The van der Waals surface area contributed by atoms with Gasteiger partial charge in [0, 0.05) is 19.1 Å². The molecular formula is C11H15ClN2O2S. The molecule has 17 heavy (non-hydrogen) atoms. The number of hydrogen-bond donors (Lipinski definition) is 1. The van der Waals surface area contributed by atoms with Gasteiger partial charge in [-0.25, -0.2) is 12.7 Å². The van der Waals surface area contributed by atoms with E-state index in [4.69, 9.17) is 11.6 Å². The van der Waals surface area contributed by atoms with Crippen molar-refractivity contribution in [2.24, 2.45) is 0 Å². The lowest BCUT2D eigenvalue weighted by Crippen LogP contribution is -2.23. The largest absolute Gasteiger partial charge is 0.379 e. The van der Waals surface area contributed by atoms with Gasteiger partial charge in [0.15, 0.2) is 0 Å². The first kappa shape index (κ1) is 14.0. The number of rotatable bonds is 5. The fraction of sp³-hybridized carbons (Fsp3) is 0.273. The molecule has 0 fully saturated rings. The van der Waals surface area contributed by atoms with Crippen molar-refractivity contribution in [3.05, 3.63) is 35.9 Å². The summed E-state index contributed by atoms with van der Waals surface area (Å²) in [6, 6.07) is 6.68. The first-order chi connectivity index (χ1) is 7.85. The molecule has 0 aromatic heterocycles. The molecule has 1 rings (SSSR count). The molecule has 0 aliphatic heterocycles. The van der Waals surface area contributed by atoms with Crippen LogP contribution in [0, 0.1) is 0 Å². The van der Waals surface area contributed by atoms with Crippen molar-refractivity contribution in [3.63, 3.8) is 0 Å². The Morgan fingerprint density at radius 2 is 2.00 bits per heavy atom. The number of hydrogen-bond acceptors (Lipinski definition) is 3. The Labute approximate surface area is 107 Å². The predicted molar refractivity (Wildman–Crippen MR) is 70.8 cm³/mol. The summed E-state index contributed by atoms with van der Waals surface area (Å²) in [5.41, 5.74) is 0.517. The Bertz CT molecular complexity index is 512. The third-order valence-corrected chi connectivity index (χ3v) is 4.12. The van der Waals surface area contributed by atoms with E-state index in [1.54, 1.807) is 24.3 Å². The Morgan fingerprint density at radius 3 is 2.53 bits per heavy atom. The van der Waals surface area contributed by atoms with Gasteiger partial charge in [-0.2, -0.15) is 0 Å². The maximum absolute atomic E-state index is 12.0. The summed E-state index contributed by atoms with van der Waals surface area (Å²) in [6.07, 6.45) is 0. The summed E-state index contributed by atoms with van der Waals surface area (Å²) in [5, 5.41) is 3.35. The Balaban J connectivity index is 3.12. The van der Waals surface area contributed by atoms with Gasteiger partial charge in [-0.15, -0.1) is 0 Å². The lowest BCUT2D eigenvalue weighted by molar-refractivity contribution is 0.521. The zero-order valence-corrected chi connectivity index (χ0v) is 11.3. The van der Waals surface area contributed by atoms with Gasteiger partial charge >= 0.3 is 0 Å². The zero-order valence-electron chi connectivity index (χ0n) is 9.77. The van der Waals surface area contributed by atoms with E-state index >= 15 is 0 Å². The third kappa shape index (κ3) is 3.46. The van der Waals surface area contributed by atoms with Crippen molar-refractivity contribution < 1.29 is 8.42 Å². The van der Waals surface area contributed by atoms with Crippen molar-refractivity contribution in [2.45, 2.75) is 4.90 Å². The van der Waals surface area contributed by atoms with Crippen LogP contribution in [0.5, 0.6) is 0 Å². The molecule has 1 aromatic rings. The quantitative estimate of drug-likeness (QED) is 0.895. The smallest absolute Gasteiger partial charge is 0.244 e. The van der Waals surface area contributed by atoms with E-state index in [-0.39, 0.29) is 4.90 Å². The lowest BCUT2D eigenvalue weighted by atomic mass is 10.3. The molecule has 0 heterocycles. The Morgan fingerprint density at radius 1 is 1.41 bits per heavy atom. The van der Waals surface area contributed by atoms with Crippen LogP contribution in [-0.2, 0) is 10.0 Å². The number of para-hydroxylation sites is 1. The van der Waals surface area contributed by atoms with Gasteiger partial charge in [0.25, 0.3) is 0 Å². The summed E-state index contributed by atoms with van der Waals surface area (Å²) in [7, 11) is -0.472. The molecule has 0 aliphatic carbocycles. The molecule has 0 amide bonds. The first-order valence-electron chi connectivity index (χ1n) is 4.94. The topological polar surface area (TPSA) is 49.4 Å². The molecule has 0 saturated heterocycles. The third-order valence-electron chi connectivity index (χ3n) is 2.12. The molecule has 0 aliphatic rings. The van der Waals surface area contributed by atoms with Crippen molar-refractivity contribution in [1.29, 1.82) is 0 Å². The van der Waals surface area contributed by atoms with Gasteiger partial charge in [0.1, 0.15) is 4.90 Å². The van der Waals surface area contributed by atoms with Crippen LogP contribution in [-0.4, -0.2) is 33.4 Å². The second-order valence-electron chi connectivity index (χ2n) is 3.65. The van der Waals surface area contributed by atoms with Crippen molar-refractivity contribution in [2.75, 3.05) is 26.0 Å². The second-order valence-corrected chi connectivity index (χ2v) is 6.31. The molecule has 0 bridgehead atoms. The highest BCUT2D eigenvalue weighted by atomic mass is 35.5. The number of sulfonamides is 1. The van der Waals surface area contributed by atoms with Gasteiger partial charge in [0.05, 0.1) is 12.2 Å². The van der Waals surface area contributed by atoms with Crippen LogP contribution in [0.15, 0.2) is 40.8 Å². The molecule has 1 aromatic carbocycles. The standard InChI is InChI=1S/C11H15ClN2O2S/c1-9(12)8-13-10-6-4-5-7-11(10)17(15,16)14(2)3/h4-7,13H,1,8H2,2-3H3. The highest BCUT2D eigenvalue weighted by Crippen LogP contribution is 2.23. The van der Waals surface area contributed by atoms with E-state index in [2.05, 4.69) is 11.9 Å². The summed E-state index contributed by atoms with van der Waals surface area (Å²) >= 11 is 5.64. The minimum absolute atomic E-state index is 0.225. The van der Waals surface area contributed by atoms with E-state index in [0.29, 0.717) is 17.3 Å². The van der Waals surface area contributed by atoms with E-state index < -0.39 is 10.0 Å². The average molecular weight is 275 g/mol. The van der Waals surface area contributed by atoms with Gasteiger partial charge in [-0.3, -0.25) is 0 Å². The van der Waals surface area contributed by atoms with E-state index in [0.717, 1.165) is 0 Å². The van der Waals surface area contributed by atoms with Gasteiger partial charge in [-0.05, 0) is 12.1 Å². The number of nitrogens with zero attached hydrogens (tertiary/aromatic N) is 1. The minimum Gasteiger partial charge on any atom is -0.379 e. The lowest BCUT2D eigenvalue weighted by Gasteiger charge is -2.15. The predicted octanol–water partition coefficient (Wildman–Crippen LogP) is 2.10. The fourth-order valence-corrected chi connectivity index (χ4v) is 2.35. The normalized spacial score (nSPS) is 11.5. The molecule has 0 saturated carbocycles. The highest BCUT2D eigenvalue weighted by molar-refractivity contribution is 7.89. The van der Waals surface area contributed by atoms with Gasteiger partial charge in [0.2, 0.25) is 10.0 Å². The SMILES string of the molecule is C=C(Cl)CNc1ccccc1S(=O)(=O)N(C)C. The van der Waals surface area contributed by atoms with E-state index in [9.17, 15) is 8.42 Å². The van der Waals surface area contributed by atoms with Crippen LogP contribution in [0.1, 0.15) is 0 Å². The van der Waals surface area contributed by atoms with Crippen LogP contribution in [0.4, 0.5) is 5.69 Å². The first-order valence-corrected chi connectivity index (χ1v) is 6.76. The summed E-state index contributed by atoms with van der Waals surface area (Å²) in [6.45, 7) is 3.86. The molecule has 1 N–H and O–H groups in total. The number of nitrogens with one attached hydrogen (secondary N) is 1. The van der Waals surface area contributed by atoms with Crippen LogP contribution < -0.4 is 5.32 Å². The number of benzene rings is 1. The van der Waals surface area contributed by atoms with Crippen molar-refractivity contribution in [3.8, 4) is 0 Å². The Hall–Kier alpha value is -1.04. The minimum atomic E-state index is -3.46. The van der Waals surface area contributed by atoms with Crippen LogP contribution in [0.2, 0.25) is 0 Å². The monoisotopic (exact) mass is 274 g/mol. The van der Waals surface area contributed by atoms with E-state index in [1.165, 1.54) is 18.4 Å². The number of anilines is 1. The van der Waals surface area contributed by atoms with Crippen molar-refractivity contribution in [1.82, 2.24) is 4.31 Å². The molecule has 0 spiro atoms. The Kier molecular flexibility index (Phi) is 4.56. The molecular weight excluding hydrogens is 260 g/mol. The summed E-state index contributed by atoms with van der Waals surface area (Å²) < 4.78 is 25.2. The van der Waals surface area contributed by atoms with Crippen LogP contribution in [0.25, 0.3) is 0 Å². The van der Waals surface area contributed by atoms with Crippen LogP contribution in [0.3, 0.4) is 0 Å². The molecule has 0 radical (unpaired) electrons. The molecule has 6 heteroatoms. The second kappa shape index (κ2) is 5.53. The average Bonchev–Trinajstić information content (AvgIpc) is 2.26. The van der Waals surface area contributed by atoms with E-state index in [1.807, 2.05) is 0 Å².